The Morgan fingerprint density at radius 3 is 2.93 bits per heavy atom. The van der Waals surface area contributed by atoms with Crippen LogP contribution in [0, 0.1) is 0 Å². The van der Waals surface area contributed by atoms with Gasteiger partial charge in [0.1, 0.15) is 5.03 Å². The monoisotopic (exact) mass is 286 g/mol. The van der Waals surface area contributed by atoms with Gasteiger partial charge in [-0.2, -0.15) is 0 Å². The fourth-order valence-electron chi connectivity index (χ4n) is 0.934. The first-order valence-electron chi connectivity index (χ1n) is 3.97. The van der Waals surface area contributed by atoms with Gasteiger partial charge in [-0.15, -0.1) is 11.3 Å². The molecule has 0 spiro atoms. The molecule has 0 fully saturated rings. The molecule has 0 N–H and O–H groups in total. The van der Waals surface area contributed by atoms with Crippen molar-refractivity contribution in [3.05, 3.63) is 39.4 Å². The number of thioether (sulfide) groups is 1. The maximum absolute atomic E-state index is 4.19. The Bertz CT molecular complexity index is 402. The van der Waals surface area contributed by atoms with Gasteiger partial charge >= 0.3 is 0 Å². The molecule has 2 aromatic heterocycles. The summed E-state index contributed by atoms with van der Waals surface area (Å²) in [6.07, 6.45) is 5.19. The van der Waals surface area contributed by atoms with Gasteiger partial charge in [0.05, 0.1) is 9.98 Å². The van der Waals surface area contributed by atoms with Gasteiger partial charge in [0.15, 0.2) is 0 Å². The van der Waals surface area contributed by atoms with Gasteiger partial charge in [-0.1, -0.05) is 11.8 Å². The molecular formula is C9H7BrN2S2. The van der Waals surface area contributed by atoms with Crippen molar-refractivity contribution in [3.63, 3.8) is 0 Å². The van der Waals surface area contributed by atoms with E-state index in [0.29, 0.717) is 0 Å². The largest absolute Gasteiger partial charge is 0.260 e. The molecule has 0 unspecified atom stereocenters. The van der Waals surface area contributed by atoms with Crippen molar-refractivity contribution in [2.75, 3.05) is 0 Å². The summed E-state index contributed by atoms with van der Waals surface area (Å²) in [6, 6.07) is 4.19. The van der Waals surface area contributed by atoms with E-state index in [-0.39, 0.29) is 0 Å². The Labute approximate surface area is 98.9 Å². The van der Waals surface area contributed by atoms with E-state index in [9.17, 15) is 0 Å². The third-order valence-corrected chi connectivity index (χ3v) is 4.30. The van der Waals surface area contributed by atoms with E-state index in [1.165, 1.54) is 8.66 Å². The first kappa shape index (κ1) is 10.1. The fourth-order valence-corrected chi connectivity index (χ4v) is 3.28. The zero-order chi connectivity index (χ0) is 9.80. The fraction of sp³-hybridized carbons (Fsp3) is 0.111. The molecule has 0 atom stereocenters. The molecular weight excluding hydrogens is 280 g/mol. The molecule has 14 heavy (non-hydrogen) atoms. The summed E-state index contributed by atoms with van der Waals surface area (Å²) < 4.78 is 1.17. The van der Waals surface area contributed by atoms with E-state index in [4.69, 9.17) is 0 Å². The Morgan fingerprint density at radius 2 is 2.29 bits per heavy atom. The van der Waals surface area contributed by atoms with Crippen LogP contribution in [0.3, 0.4) is 0 Å². The van der Waals surface area contributed by atoms with Crippen LogP contribution >= 0.6 is 39.0 Å². The number of rotatable bonds is 3. The summed E-state index contributed by atoms with van der Waals surface area (Å²) in [5.41, 5.74) is 0. The third-order valence-electron chi connectivity index (χ3n) is 1.53. The standard InChI is InChI=1S/C9H7BrN2S2/c10-8-2-1-7(14-8)6-13-9-5-11-3-4-12-9/h1-5H,6H2. The predicted molar refractivity (Wildman–Crippen MR) is 63.6 cm³/mol. The number of aromatic nitrogens is 2. The molecule has 0 amide bonds. The van der Waals surface area contributed by atoms with Crippen LogP contribution in [0.15, 0.2) is 39.5 Å². The van der Waals surface area contributed by atoms with E-state index in [1.54, 1.807) is 41.7 Å². The highest BCUT2D eigenvalue weighted by molar-refractivity contribution is 9.11. The van der Waals surface area contributed by atoms with Crippen LogP contribution in [0.4, 0.5) is 0 Å². The number of halogens is 1. The molecule has 0 radical (unpaired) electrons. The average Bonchev–Trinajstić information content (AvgIpc) is 2.63. The summed E-state index contributed by atoms with van der Waals surface area (Å²) in [4.78, 5) is 9.55. The maximum atomic E-state index is 4.19. The maximum Gasteiger partial charge on any atom is 0.115 e. The molecule has 2 aromatic rings. The lowest BCUT2D eigenvalue weighted by Gasteiger charge is -1.96. The van der Waals surface area contributed by atoms with Gasteiger partial charge in [0, 0.05) is 23.0 Å². The van der Waals surface area contributed by atoms with Crippen LogP contribution in [-0.4, -0.2) is 9.97 Å². The lowest BCUT2D eigenvalue weighted by atomic mass is 10.5. The van der Waals surface area contributed by atoms with Crippen molar-refractivity contribution in [2.45, 2.75) is 10.8 Å². The van der Waals surface area contributed by atoms with Gasteiger partial charge in [-0.05, 0) is 28.1 Å². The topological polar surface area (TPSA) is 25.8 Å². The first-order valence-corrected chi connectivity index (χ1v) is 6.57. The van der Waals surface area contributed by atoms with Crippen LogP contribution in [0.5, 0.6) is 0 Å². The van der Waals surface area contributed by atoms with Gasteiger partial charge in [-0.25, -0.2) is 4.98 Å². The van der Waals surface area contributed by atoms with Crippen LogP contribution in [0.1, 0.15) is 4.88 Å². The Morgan fingerprint density at radius 1 is 1.36 bits per heavy atom. The minimum atomic E-state index is 0.953. The molecule has 5 heteroatoms. The summed E-state index contributed by atoms with van der Waals surface area (Å²) in [5, 5.41) is 0.969. The SMILES string of the molecule is Brc1ccc(CSc2cnccn2)s1. The Kier molecular flexibility index (Phi) is 3.55. The summed E-state index contributed by atoms with van der Waals surface area (Å²) in [7, 11) is 0. The Hall–Kier alpha value is -0.390. The van der Waals surface area contributed by atoms with Gasteiger partial charge in [-0.3, -0.25) is 4.98 Å². The number of hydrogen-bond acceptors (Lipinski definition) is 4. The van der Waals surface area contributed by atoms with Gasteiger partial charge < -0.3 is 0 Å². The van der Waals surface area contributed by atoms with Crippen molar-refractivity contribution in [2.24, 2.45) is 0 Å². The van der Waals surface area contributed by atoms with E-state index in [0.717, 1.165) is 10.8 Å². The highest BCUT2D eigenvalue weighted by atomic mass is 79.9. The second-order valence-corrected chi connectivity index (χ2v) is 6.08. The smallest absolute Gasteiger partial charge is 0.115 e. The van der Waals surface area contributed by atoms with E-state index >= 15 is 0 Å². The van der Waals surface area contributed by atoms with Crippen molar-refractivity contribution in [1.29, 1.82) is 0 Å². The molecule has 0 aliphatic rings. The van der Waals surface area contributed by atoms with Crippen molar-refractivity contribution >= 4 is 39.0 Å². The summed E-state index contributed by atoms with van der Waals surface area (Å²) >= 11 is 6.90. The summed E-state index contributed by atoms with van der Waals surface area (Å²) in [6.45, 7) is 0. The van der Waals surface area contributed by atoms with Crippen molar-refractivity contribution in [1.82, 2.24) is 9.97 Å². The molecule has 0 saturated carbocycles. The van der Waals surface area contributed by atoms with E-state index in [1.807, 2.05) is 0 Å². The molecule has 0 aromatic carbocycles. The van der Waals surface area contributed by atoms with Crippen LogP contribution in [-0.2, 0) is 5.75 Å². The average molecular weight is 287 g/mol. The van der Waals surface area contributed by atoms with Gasteiger partial charge in [0.2, 0.25) is 0 Å². The second-order valence-electron chi connectivity index (χ2n) is 2.54. The quantitative estimate of drug-likeness (QED) is 0.807. The molecule has 0 bridgehead atoms. The lowest BCUT2D eigenvalue weighted by Crippen LogP contribution is -1.80. The Balaban J connectivity index is 1.95. The second kappa shape index (κ2) is 4.91. The number of thiophene rings is 1. The molecule has 0 aliphatic carbocycles. The predicted octanol–water partition coefficient (Wildman–Crippen LogP) is 3.59. The highest BCUT2D eigenvalue weighted by Crippen LogP contribution is 2.27. The van der Waals surface area contributed by atoms with Crippen LogP contribution in [0.25, 0.3) is 0 Å². The first-order chi connectivity index (χ1) is 6.84. The molecule has 2 rings (SSSR count). The number of nitrogens with zero attached hydrogens (tertiary/aromatic N) is 2. The zero-order valence-electron chi connectivity index (χ0n) is 7.18. The van der Waals surface area contributed by atoms with Crippen molar-refractivity contribution in [3.8, 4) is 0 Å². The minimum Gasteiger partial charge on any atom is -0.260 e. The van der Waals surface area contributed by atoms with Crippen LogP contribution < -0.4 is 0 Å². The molecule has 2 heterocycles. The third kappa shape index (κ3) is 2.80. The van der Waals surface area contributed by atoms with Crippen molar-refractivity contribution < 1.29 is 0 Å². The minimum absolute atomic E-state index is 0.953. The van der Waals surface area contributed by atoms with Crippen LogP contribution in [0.2, 0.25) is 0 Å². The zero-order valence-corrected chi connectivity index (χ0v) is 10.4. The van der Waals surface area contributed by atoms with Gasteiger partial charge in [0.25, 0.3) is 0 Å². The highest BCUT2D eigenvalue weighted by Gasteiger charge is 1.99. The van der Waals surface area contributed by atoms with E-state index < -0.39 is 0 Å². The number of hydrogen-bond donors (Lipinski definition) is 0. The molecule has 72 valence electrons. The normalized spacial score (nSPS) is 10.4. The molecule has 2 nitrogen and oxygen atoms in total. The molecule has 0 aliphatic heterocycles. The lowest BCUT2D eigenvalue weighted by molar-refractivity contribution is 1.05. The van der Waals surface area contributed by atoms with E-state index in [2.05, 4.69) is 38.0 Å². The summed E-state index contributed by atoms with van der Waals surface area (Å²) in [5.74, 6) is 0.953. The molecule has 0 saturated heterocycles.